The molecule has 6 atom stereocenters. The molecule has 0 bridgehead atoms. The summed E-state index contributed by atoms with van der Waals surface area (Å²) in [6, 6.07) is 9.45. The summed E-state index contributed by atoms with van der Waals surface area (Å²) >= 11 is 0. The number of hydrogen-bond donors (Lipinski definition) is 0. The number of ketones is 1. The minimum atomic E-state index is -4.94. The van der Waals surface area contributed by atoms with Gasteiger partial charge in [0.1, 0.15) is 0 Å². The summed E-state index contributed by atoms with van der Waals surface area (Å²) in [6.45, 7) is 3.86. The Morgan fingerprint density at radius 2 is 1.67 bits per heavy atom. The van der Waals surface area contributed by atoms with E-state index in [-0.39, 0.29) is 35.2 Å². The van der Waals surface area contributed by atoms with Gasteiger partial charge in [-0.05, 0) is 98.2 Å². The van der Waals surface area contributed by atoms with Crippen LogP contribution in [0.1, 0.15) is 91.7 Å². The van der Waals surface area contributed by atoms with Crippen LogP contribution in [0.3, 0.4) is 0 Å². The van der Waals surface area contributed by atoms with E-state index in [0.29, 0.717) is 18.9 Å². The fourth-order valence-corrected chi connectivity index (χ4v) is 7.12. The Bertz CT molecular complexity index is 1280. The molecule has 2 aromatic rings. The number of ether oxygens (including phenoxy) is 2. The van der Waals surface area contributed by atoms with Crippen LogP contribution < -0.4 is 0 Å². The van der Waals surface area contributed by atoms with Gasteiger partial charge in [0.05, 0.1) is 23.8 Å². The van der Waals surface area contributed by atoms with Gasteiger partial charge in [0.15, 0.2) is 12.1 Å². The number of rotatable bonds is 6. The number of carbonyl (C=O) groups excluding carboxylic acids is 1. The largest absolute Gasteiger partial charge is 0.416 e. The molecule has 2 fully saturated rings. The van der Waals surface area contributed by atoms with Crippen LogP contribution in [0, 0.1) is 24.7 Å². The number of aryl methyl sites for hydroxylation is 1. The van der Waals surface area contributed by atoms with E-state index in [4.69, 9.17) is 9.47 Å². The molecule has 1 saturated heterocycles. The van der Waals surface area contributed by atoms with Gasteiger partial charge in [-0.1, -0.05) is 42.7 Å². The molecule has 0 spiro atoms. The van der Waals surface area contributed by atoms with E-state index >= 15 is 0 Å². The second-order valence-corrected chi connectivity index (χ2v) is 12.1. The van der Waals surface area contributed by atoms with Crippen LogP contribution in [0.2, 0.25) is 0 Å². The molecule has 1 heterocycles. The number of alkyl halides is 6. The van der Waals surface area contributed by atoms with E-state index in [0.717, 1.165) is 61.8 Å². The molecule has 1 aliphatic heterocycles. The number of allylic oxidation sites excluding steroid dienone is 2. The third-order valence-corrected chi connectivity index (χ3v) is 9.19. The zero-order valence-corrected chi connectivity index (χ0v) is 23.7. The zero-order valence-electron chi connectivity index (χ0n) is 23.7. The predicted octanol–water partition coefficient (Wildman–Crippen LogP) is 9.35. The first-order chi connectivity index (χ1) is 19.8. The minimum Gasteiger partial charge on any atom is -0.352 e. The van der Waals surface area contributed by atoms with Crippen LogP contribution in [0.25, 0.3) is 0 Å². The van der Waals surface area contributed by atoms with Crippen molar-refractivity contribution in [3.8, 4) is 0 Å². The lowest BCUT2D eigenvalue weighted by Gasteiger charge is -2.44. The number of fused-ring (bicyclic) bond motifs is 1. The molecule has 2 aromatic carbocycles. The average Bonchev–Trinajstić information content (AvgIpc) is 3.21. The van der Waals surface area contributed by atoms with Gasteiger partial charge in [-0.3, -0.25) is 4.79 Å². The number of hydrogen-bond acceptors (Lipinski definition) is 3. The van der Waals surface area contributed by atoms with E-state index < -0.39 is 35.9 Å². The first-order valence-corrected chi connectivity index (χ1v) is 14.6. The monoisotopic (exact) mass is 594 g/mol. The van der Waals surface area contributed by atoms with Gasteiger partial charge >= 0.3 is 12.4 Å². The molecule has 0 aromatic heterocycles. The first-order valence-electron chi connectivity index (χ1n) is 14.6. The summed E-state index contributed by atoms with van der Waals surface area (Å²) in [4.78, 5) is 11.8. The summed E-state index contributed by atoms with van der Waals surface area (Å²) in [5, 5.41) is 0. The molecule has 1 saturated carbocycles. The van der Waals surface area contributed by atoms with Crippen molar-refractivity contribution in [2.24, 2.45) is 17.8 Å². The molecule has 0 N–H and O–H groups in total. The summed E-state index contributed by atoms with van der Waals surface area (Å²) in [5.74, 6) is 0.787. The van der Waals surface area contributed by atoms with Crippen molar-refractivity contribution in [3.63, 3.8) is 0 Å². The Hall–Kier alpha value is -2.65. The van der Waals surface area contributed by atoms with Gasteiger partial charge < -0.3 is 9.47 Å². The second-order valence-electron chi connectivity index (χ2n) is 12.1. The van der Waals surface area contributed by atoms with Crippen LogP contribution >= 0.6 is 0 Å². The maximum atomic E-state index is 13.5. The van der Waals surface area contributed by atoms with E-state index in [1.807, 2.05) is 31.2 Å². The lowest BCUT2D eigenvalue weighted by Crippen LogP contribution is -2.43. The number of benzene rings is 2. The van der Waals surface area contributed by atoms with Crippen molar-refractivity contribution in [2.45, 2.75) is 89.5 Å². The first kappa shape index (κ1) is 30.8. The summed E-state index contributed by atoms with van der Waals surface area (Å²) in [7, 11) is 0. The number of halogens is 6. The standard InChI is InChI=1S/C33H36F6O3/c1-19-6-3-4-8-28(19)30-29-9-5-7-21(12-22-10-11-27(40)14-22)13-24(29)18-41-31(30)42-20(2)23-15-25(32(34,35)36)17-26(16-23)33(37,38)39/h3-4,6,8,14-17,20-21,24,29-31H,5,7,9-13,18H2,1-2H3/t20-,21?,24+,29?,30+,31?/m1/s1. The average molecular weight is 595 g/mol. The fraction of sp³-hybridized carbons (Fsp3) is 0.545. The van der Waals surface area contributed by atoms with Gasteiger partial charge in [0, 0.05) is 12.3 Å². The van der Waals surface area contributed by atoms with Crippen molar-refractivity contribution in [2.75, 3.05) is 6.61 Å². The molecular weight excluding hydrogens is 558 g/mol. The lowest BCUT2D eigenvalue weighted by atomic mass is 9.71. The number of carbonyl (C=O) groups is 1. The Morgan fingerprint density at radius 1 is 0.976 bits per heavy atom. The summed E-state index contributed by atoms with van der Waals surface area (Å²) < 4.78 is 93.8. The van der Waals surface area contributed by atoms with Crippen LogP contribution in [-0.2, 0) is 26.6 Å². The molecule has 2 aliphatic carbocycles. The quantitative estimate of drug-likeness (QED) is 0.313. The normalized spacial score (nSPS) is 27.8. The summed E-state index contributed by atoms with van der Waals surface area (Å²) in [5.41, 5.74) is 0.332. The van der Waals surface area contributed by atoms with Crippen molar-refractivity contribution >= 4 is 5.78 Å². The Labute approximate surface area is 242 Å². The second kappa shape index (κ2) is 12.2. The molecule has 3 nitrogen and oxygen atoms in total. The molecule has 3 unspecified atom stereocenters. The molecule has 9 heteroatoms. The van der Waals surface area contributed by atoms with Crippen molar-refractivity contribution < 1.29 is 40.6 Å². The maximum absolute atomic E-state index is 13.5. The highest BCUT2D eigenvalue weighted by atomic mass is 19.4. The van der Waals surface area contributed by atoms with Gasteiger partial charge in [0.25, 0.3) is 0 Å². The fourth-order valence-electron chi connectivity index (χ4n) is 7.12. The van der Waals surface area contributed by atoms with E-state index in [1.54, 1.807) is 6.08 Å². The molecule has 3 aliphatic rings. The molecule has 228 valence electrons. The Kier molecular flexibility index (Phi) is 8.91. The third-order valence-electron chi connectivity index (χ3n) is 9.19. The van der Waals surface area contributed by atoms with Crippen LogP contribution in [0.5, 0.6) is 0 Å². The predicted molar refractivity (Wildman–Crippen MR) is 145 cm³/mol. The molecule has 0 amide bonds. The van der Waals surface area contributed by atoms with Crippen molar-refractivity contribution in [3.05, 3.63) is 81.9 Å². The van der Waals surface area contributed by atoms with Gasteiger partial charge in [0.2, 0.25) is 0 Å². The SMILES string of the molecule is Cc1ccccc1[C@@H]1C(O[C@H](C)c2cc(C(F)(F)F)cc(C(F)(F)F)c2)OC[C@@H]2CC(CC3=CC(=O)CC3)CCCC21. The van der Waals surface area contributed by atoms with Crippen LogP contribution in [-0.4, -0.2) is 18.7 Å². The summed E-state index contributed by atoms with van der Waals surface area (Å²) in [6.07, 6.45) is -3.82. The Morgan fingerprint density at radius 3 is 2.29 bits per heavy atom. The highest BCUT2D eigenvalue weighted by Crippen LogP contribution is 2.49. The molecule has 0 radical (unpaired) electrons. The topological polar surface area (TPSA) is 35.5 Å². The zero-order chi connectivity index (χ0) is 30.2. The molecule has 5 rings (SSSR count). The van der Waals surface area contributed by atoms with Crippen molar-refractivity contribution in [1.82, 2.24) is 0 Å². The van der Waals surface area contributed by atoms with Gasteiger partial charge in [-0.2, -0.15) is 26.3 Å². The van der Waals surface area contributed by atoms with Crippen LogP contribution in [0.4, 0.5) is 26.3 Å². The van der Waals surface area contributed by atoms with E-state index in [2.05, 4.69) is 0 Å². The van der Waals surface area contributed by atoms with Gasteiger partial charge in [-0.25, -0.2) is 0 Å². The molecular formula is C33H36F6O3. The maximum Gasteiger partial charge on any atom is 0.416 e. The van der Waals surface area contributed by atoms with Crippen molar-refractivity contribution in [1.29, 1.82) is 0 Å². The smallest absolute Gasteiger partial charge is 0.352 e. The minimum absolute atomic E-state index is 0.132. The van der Waals surface area contributed by atoms with Crippen LogP contribution in [0.15, 0.2) is 54.1 Å². The third kappa shape index (κ3) is 6.94. The van der Waals surface area contributed by atoms with Gasteiger partial charge in [-0.15, -0.1) is 0 Å². The van der Waals surface area contributed by atoms with E-state index in [1.165, 1.54) is 12.5 Å². The highest BCUT2D eigenvalue weighted by molar-refractivity contribution is 5.92. The van der Waals surface area contributed by atoms with E-state index in [9.17, 15) is 31.1 Å². The molecule has 42 heavy (non-hydrogen) atoms. The Balaban J connectivity index is 1.42. The lowest BCUT2D eigenvalue weighted by molar-refractivity contribution is -0.224. The highest BCUT2D eigenvalue weighted by Gasteiger charge is 2.45.